The molecule has 0 rings (SSSR count). The number of amides is 2. The van der Waals surface area contributed by atoms with Gasteiger partial charge >= 0.3 is 0 Å². The molecule has 70 valence electrons. The lowest BCUT2D eigenvalue weighted by molar-refractivity contribution is -0.142. The van der Waals surface area contributed by atoms with E-state index in [4.69, 9.17) is 0 Å². The molecule has 2 amide bonds. The molecule has 0 aromatic carbocycles. The first kappa shape index (κ1) is 10.9. The predicted molar refractivity (Wildman–Crippen MR) is 46.6 cm³/mol. The highest BCUT2D eigenvalue weighted by atomic mass is 16.2. The van der Waals surface area contributed by atoms with Crippen molar-refractivity contribution in [3.63, 3.8) is 0 Å². The molecule has 4 heteroatoms. The van der Waals surface area contributed by atoms with Gasteiger partial charge in [0.2, 0.25) is 11.8 Å². The van der Waals surface area contributed by atoms with Gasteiger partial charge in [0.05, 0.1) is 0 Å². The maximum atomic E-state index is 11.3. The summed E-state index contributed by atoms with van der Waals surface area (Å²) < 4.78 is 0. The quantitative estimate of drug-likeness (QED) is 0.637. The van der Waals surface area contributed by atoms with Crippen molar-refractivity contribution in [2.24, 2.45) is 0 Å². The molecule has 0 aromatic heterocycles. The molecular formula is C8H16N2O2. The molecule has 1 N–H and O–H groups in total. The maximum absolute atomic E-state index is 11.3. The minimum atomic E-state index is -0.777. The number of nitrogens with one attached hydrogen (secondary N) is 1. The number of likely N-dealkylation sites (N-methyl/N-ethyl adjacent to an activating group) is 2. The summed E-state index contributed by atoms with van der Waals surface area (Å²) in [5.74, 6) is -0.288. The van der Waals surface area contributed by atoms with Crippen LogP contribution in [0.25, 0.3) is 0 Å². The van der Waals surface area contributed by atoms with E-state index >= 15 is 0 Å². The summed E-state index contributed by atoms with van der Waals surface area (Å²) in [4.78, 5) is 23.6. The molecular weight excluding hydrogens is 156 g/mol. The summed E-state index contributed by atoms with van der Waals surface area (Å²) in [7, 11) is 3.16. The zero-order chi connectivity index (χ0) is 9.94. The van der Waals surface area contributed by atoms with E-state index in [-0.39, 0.29) is 11.8 Å². The molecule has 0 fully saturated rings. The Morgan fingerprint density at radius 1 is 1.33 bits per heavy atom. The van der Waals surface area contributed by atoms with Crippen molar-refractivity contribution >= 4 is 11.8 Å². The Kier molecular flexibility index (Phi) is 3.24. The number of hydrogen-bond acceptors (Lipinski definition) is 2. The minimum Gasteiger partial charge on any atom is -0.357 e. The van der Waals surface area contributed by atoms with Gasteiger partial charge in [-0.2, -0.15) is 0 Å². The van der Waals surface area contributed by atoms with E-state index in [1.165, 1.54) is 11.8 Å². The number of rotatable bonds is 2. The molecule has 0 aliphatic rings. The molecule has 0 unspecified atom stereocenters. The van der Waals surface area contributed by atoms with Crippen LogP contribution in [-0.2, 0) is 9.59 Å². The summed E-state index contributed by atoms with van der Waals surface area (Å²) in [6.45, 7) is 4.84. The third-order valence-corrected chi connectivity index (χ3v) is 2.09. The summed E-state index contributed by atoms with van der Waals surface area (Å²) in [5, 5.41) is 2.51. The molecule has 0 aliphatic carbocycles. The van der Waals surface area contributed by atoms with Gasteiger partial charge in [-0.3, -0.25) is 9.59 Å². The van der Waals surface area contributed by atoms with Gasteiger partial charge in [0.15, 0.2) is 0 Å². The molecule has 0 radical (unpaired) electrons. The second kappa shape index (κ2) is 3.56. The van der Waals surface area contributed by atoms with E-state index in [0.717, 1.165) is 0 Å². The fourth-order valence-corrected chi connectivity index (χ4v) is 0.852. The van der Waals surface area contributed by atoms with Gasteiger partial charge in [0.25, 0.3) is 0 Å². The molecule has 0 saturated carbocycles. The van der Waals surface area contributed by atoms with Gasteiger partial charge in [-0.15, -0.1) is 0 Å². The highest BCUT2D eigenvalue weighted by Crippen LogP contribution is 2.11. The third kappa shape index (κ3) is 1.96. The number of hydrogen-bond donors (Lipinski definition) is 1. The monoisotopic (exact) mass is 172 g/mol. The second-order valence-electron chi connectivity index (χ2n) is 3.22. The van der Waals surface area contributed by atoms with Crippen molar-refractivity contribution < 1.29 is 9.59 Å². The van der Waals surface area contributed by atoms with Gasteiger partial charge in [0.1, 0.15) is 5.54 Å². The van der Waals surface area contributed by atoms with Crippen molar-refractivity contribution in [2.45, 2.75) is 26.3 Å². The van der Waals surface area contributed by atoms with E-state index in [2.05, 4.69) is 5.32 Å². The average molecular weight is 172 g/mol. The Hall–Kier alpha value is -1.06. The minimum absolute atomic E-state index is 0.122. The van der Waals surface area contributed by atoms with Crippen molar-refractivity contribution in [1.82, 2.24) is 10.2 Å². The van der Waals surface area contributed by atoms with E-state index in [1.54, 1.807) is 27.9 Å². The van der Waals surface area contributed by atoms with E-state index in [0.29, 0.717) is 0 Å². The van der Waals surface area contributed by atoms with Crippen LogP contribution in [0.15, 0.2) is 0 Å². The molecule has 0 heterocycles. The van der Waals surface area contributed by atoms with Crippen molar-refractivity contribution in [3.8, 4) is 0 Å². The lowest BCUT2D eigenvalue weighted by Crippen LogP contribution is -2.54. The van der Waals surface area contributed by atoms with Gasteiger partial charge < -0.3 is 10.2 Å². The zero-order valence-electron chi connectivity index (χ0n) is 8.26. The summed E-state index contributed by atoms with van der Waals surface area (Å²) in [6.07, 6.45) is 0. The predicted octanol–water partition coefficient (Wildman–Crippen LogP) is -0.0107. The van der Waals surface area contributed by atoms with Crippen LogP contribution in [0.2, 0.25) is 0 Å². The third-order valence-electron chi connectivity index (χ3n) is 2.09. The Balaban J connectivity index is 4.60. The second-order valence-corrected chi connectivity index (χ2v) is 3.22. The molecule has 0 aromatic rings. The number of nitrogens with zero attached hydrogens (tertiary/aromatic N) is 1. The first-order valence-electron chi connectivity index (χ1n) is 3.80. The molecule has 0 bridgehead atoms. The van der Waals surface area contributed by atoms with E-state index in [9.17, 15) is 9.59 Å². The lowest BCUT2D eigenvalue weighted by atomic mass is 10.0. The van der Waals surface area contributed by atoms with Crippen LogP contribution in [0.4, 0.5) is 0 Å². The number of carbonyl (C=O) groups excluding carboxylic acids is 2. The van der Waals surface area contributed by atoms with Crippen LogP contribution in [0.3, 0.4) is 0 Å². The molecule has 4 nitrogen and oxygen atoms in total. The molecule has 12 heavy (non-hydrogen) atoms. The number of carbonyl (C=O) groups is 2. The van der Waals surface area contributed by atoms with E-state index < -0.39 is 5.54 Å². The van der Waals surface area contributed by atoms with Gasteiger partial charge in [-0.1, -0.05) is 0 Å². The Bertz CT molecular complexity index is 199. The first-order valence-corrected chi connectivity index (χ1v) is 3.80. The van der Waals surface area contributed by atoms with Crippen molar-refractivity contribution in [3.05, 3.63) is 0 Å². The summed E-state index contributed by atoms with van der Waals surface area (Å²) in [6, 6.07) is 0. The SMILES string of the molecule is CNC(=O)C(C)(C)N(C)C(C)=O. The van der Waals surface area contributed by atoms with Crippen LogP contribution >= 0.6 is 0 Å². The molecule has 0 aliphatic heterocycles. The lowest BCUT2D eigenvalue weighted by Gasteiger charge is -2.32. The largest absolute Gasteiger partial charge is 0.357 e. The van der Waals surface area contributed by atoms with Gasteiger partial charge in [-0.25, -0.2) is 0 Å². The Morgan fingerprint density at radius 2 is 1.75 bits per heavy atom. The fourth-order valence-electron chi connectivity index (χ4n) is 0.852. The fraction of sp³-hybridized carbons (Fsp3) is 0.750. The topological polar surface area (TPSA) is 49.4 Å². The molecule has 0 spiro atoms. The normalized spacial score (nSPS) is 10.8. The standard InChI is InChI=1S/C8H16N2O2/c1-6(11)10(5)8(2,3)7(12)9-4/h1-5H3,(H,9,12). The average Bonchev–Trinajstić information content (AvgIpc) is 2.01. The highest BCUT2D eigenvalue weighted by Gasteiger charge is 2.32. The Labute approximate surface area is 72.9 Å². The molecule has 0 saturated heterocycles. The molecule has 0 atom stereocenters. The van der Waals surface area contributed by atoms with Crippen molar-refractivity contribution in [2.75, 3.05) is 14.1 Å². The van der Waals surface area contributed by atoms with Gasteiger partial charge in [-0.05, 0) is 13.8 Å². The zero-order valence-corrected chi connectivity index (χ0v) is 8.26. The van der Waals surface area contributed by atoms with E-state index in [1.807, 2.05) is 0 Å². The van der Waals surface area contributed by atoms with Crippen LogP contribution in [0, 0.1) is 0 Å². The van der Waals surface area contributed by atoms with Crippen LogP contribution in [-0.4, -0.2) is 36.3 Å². The van der Waals surface area contributed by atoms with Crippen LogP contribution in [0.5, 0.6) is 0 Å². The Morgan fingerprint density at radius 3 is 2.00 bits per heavy atom. The summed E-state index contributed by atoms with van der Waals surface area (Å²) in [5.41, 5.74) is -0.777. The van der Waals surface area contributed by atoms with Crippen LogP contribution < -0.4 is 5.32 Å². The maximum Gasteiger partial charge on any atom is 0.245 e. The summed E-state index contributed by atoms with van der Waals surface area (Å²) >= 11 is 0. The van der Waals surface area contributed by atoms with Crippen LogP contribution in [0.1, 0.15) is 20.8 Å². The highest BCUT2D eigenvalue weighted by molar-refractivity contribution is 5.89. The van der Waals surface area contributed by atoms with Crippen molar-refractivity contribution in [1.29, 1.82) is 0 Å². The smallest absolute Gasteiger partial charge is 0.245 e. The first-order chi connectivity index (χ1) is 5.34. The van der Waals surface area contributed by atoms with Gasteiger partial charge in [0, 0.05) is 21.0 Å².